The van der Waals surface area contributed by atoms with E-state index in [4.69, 9.17) is 0 Å². The highest BCUT2D eigenvalue weighted by Gasteiger charge is 2.15. The number of nitrogens with zero attached hydrogens (tertiary/aromatic N) is 2. The molecule has 0 aliphatic rings. The van der Waals surface area contributed by atoms with Crippen molar-refractivity contribution in [2.24, 2.45) is 0 Å². The molecule has 1 aromatic carbocycles. The first-order chi connectivity index (χ1) is 8.17. The number of fused-ring (bicyclic) bond motifs is 1. The fourth-order valence-electron chi connectivity index (χ4n) is 1.82. The molecule has 2 rings (SSSR count). The van der Waals surface area contributed by atoms with Gasteiger partial charge < -0.3 is 5.32 Å². The summed E-state index contributed by atoms with van der Waals surface area (Å²) >= 11 is 3.42. The van der Waals surface area contributed by atoms with E-state index in [-0.39, 0.29) is 5.91 Å². The average molecular weight is 296 g/mol. The predicted molar refractivity (Wildman–Crippen MR) is 71.1 cm³/mol. The highest BCUT2D eigenvalue weighted by Crippen LogP contribution is 2.23. The molecule has 0 saturated carbocycles. The summed E-state index contributed by atoms with van der Waals surface area (Å²) in [7, 11) is 1.62. The lowest BCUT2D eigenvalue weighted by Gasteiger charge is -1.99. The quantitative estimate of drug-likeness (QED) is 0.946. The van der Waals surface area contributed by atoms with Crippen LogP contribution in [0, 0.1) is 0 Å². The number of rotatable bonds is 3. The van der Waals surface area contributed by atoms with Gasteiger partial charge >= 0.3 is 0 Å². The summed E-state index contributed by atoms with van der Waals surface area (Å²) in [4.78, 5) is 11.8. The van der Waals surface area contributed by atoms with Gasteiger partial charge in [0.25, 0.3) is 5.91 Å². The Bertz CT molecular complexity index is 562. The Labute approximate surface area is 108 Å². The third-order valence-electron chi connectivity index (χ3n) is 2.59. The summed E-state index contributed by atoms with van der Waals surface area (Å²) in [5.41, 5.74) is 1.48. The van der Waals surface area contributed by atoms with E-state index in [1.54, 1.807) is 7.05 Å². The van der Waals surface area contributed by atoms with Gasteiger partial charge in [-0.2, -0.15) is 5.10 Å². The number of benzene rings is 1. The Hall–Kier alpha value is -1.36. The lowest BCUT2D eigenvalue weighted by atomic mass is 10.2. The normalized spacial score (nSPS) is 10.8. The molecule has 5 heteroatoms. The molecule has 0 radical (unpaired) electrons. The second-order valence-corrected chi connectivity index (χ2v) is 4.73. The largest absolute Gasteiger partial charge is 0.354 e. The Morgan fingerprint density at radius 2 is 2.29 bits per heavy atom. The number of carbonyl (C=O) groups excluding carboxylic acids is 1. The van der Waals surface area contributed by atoms with Crippen LogP contribution in [0.1, 0.15) is 23.8 Å². The molecule has 0 unspecified atom stereocenters. The van der Waals surface area contributed by atoms with Crippen molar-refractivity contribution in [3.05, 3.63) is 28.4 Å². The van der Waals surface area contributed by atoms with Crippen LogP contribution < -0.4 is 5.32 Å². The van der Waals surface area contributed by atoms with E-state index in [9.17, 15) is 4.79 Å². The minimum Gasteiger partial charge on any atom is -0.354 e. The molecule has 90 valence electrons. The van der Waals surface area contributed by atoms with Gasteiger partial charge in [-0.1, -0.05) is 22.9 Å². The Morgan fingerprint density at radius 1 is 1.53 bits per heavy atom. The van der Waals surface area contributed by atoms with Gasteiger partial charge in [-0.15, -0.1) is 0 Å². The SMILES string of the molecule is CCCn1nc(C(=O)NC)c2cc(Br)ccc21. The van der Waals surface area contributed by atoms with Crippen molar-refractivity contribution in [1.82, 2.24) is 15.1 Å². The van der Waals surface area contributed by atoms with Crippen LogP contribution in [-0.2, 0) is 6.54 Å². The number of hydrogen-bond acceptors (Lipinski definition) is 2. The summed E-state index contributed by atoms with van der Waals surface area (Å²) in [5, 5.41) is 7.87. The molecular formula is C12H14BrN3O. The molecular weight excluding hydrogens is 282 g/mol. The lowest BCUT2D eigenvalue weighted by Crippen LogP contribution is -2.19. The molecule has 0 aliphatic heterocycles. The maximum absolute atomic E-state index is 11.8. The molecule has 4 nitrogen and oxygen atoms in total. The second kappa shape index (κ2) is 4.87. The topological polar surface area (TPSA) is 46.9 Å². The van der Waals surface area contributed by atoms with Gasteiger partial charge in [-0.3, -0.25) is 9.48 Å². The van der Waals surface area contributed by atoms with E-state index in [0.29, 0.717) is 5.69 Å². The van der Waals surface area contributed by atoms with E-state index in [0.717, 1.165) is 28.3 Å². The van der Waals surface area contributed by atoms with Crippen LogP contribution in [0.4, 0.5) is 0 Å². The first-order valence-corrected chi connectivity index (χ1v) is 6.34. The van der Waals surface area contributed by atoms with Gasteiger partial charge in [0.15, 0.2) is 5.69 Å². The minimum atomic E-state index is -0.150. The van der Waals surface area contributed by atoms with Crippen molar-refractivity contribution >= 4 is 32.7 Å². The first-order valence-electron chi connectivity index (χ1n) is 5.55. The zero-order valence-corrected chi connectivity index (χ0v) is 11.4. The van der Waals surface area contributed by atoms with Gasteiger partial charge in [0.1, 0.15) is 0 Å². The molecule has 1 N–H and O–H groups in total. The van der Waals surface area contributed by atoms with Gasteiger partial charge in [0.05, 0.1) is 5.52 Å². The fraction of sp³-hybridized carbons (Fsp3) is 0.333. The van der Waals surface area contributed by atoms with Crippen LogP contribution in [0.2, 0.25) is 0 Å². The molecule has 17 heavy (non-hydrogen) atoms. The van der Waals surface area contributed by atoms with Crippen molar-refractivity contribution in [1.29, 1.82) is 0 Å². The number of nitrogens with one attached hydrogen (secondary N) is 1. The summed E-state index contributed by atoms with van der Waals surface area (Å²) in [5.74, 6) is -0.150. The van der Waals surface area contributed by atoms with Gasteiger partial charge in [0.2, 0.25) is 0 Å². The molecule has 1 heterocycles. The maximum Gasteiger partial charge on any atom is 0.272 e. The van der Waals surface area contributed by atoms with Crippen molar-refractivity contribution in [2.45, 2.75) is 19.9 Å². The van der Waals surface area contributed by atoms with Gasteiger partial charge in [-0.05, 0) is 24.6 Å². The molecule has 0 saturated heterocycles. The zero-order valence-electron chi connectivity index (χ0n) is 9.83. The molecule has 1 aromatic heterocycles. The number of halogens is 1. The fourth-order valence-corrected chi connectivity index (χ4v) is 2.18. The Morgan fingerprint density at radius 3 is 2.94 bits per heavy atom. The molecule has 2 aromatic rings. The zero-order chi connectivity index (χ0) is 12.4. The van der Waals surface area contributed by atoms with Crippen LogP contribution in [0.5, 0.6) is 0 Å². The van der Waals surface area contributed by atoms with Crippen LogP contribution in [0.15, 0.2) is 22.7 Å². The van der Waals surface area contributed by atoms with Crippen molar-refractivity contribution in [3.63, 3.8) is 0 Å². The van der Waals surface area contributed by atoms with Crippen molar-refractivity contribution in [3.8, 4) is 0 Å². The number of carbonyl (C=O) groups is 1. The maximum atomic E-state index is 11.8. The second-order valence-electron chi connectivity index (χ2n) is 3.81. The summed E-state index contributed by atoms with van der Waals surface area (Å²) in [6.45, 7) is 2.90. The third-order valence-corrected chi connectivity index (χ3v) is 3.08. The summed E-state index contributed by atoms with van der Waals surface area (Å²) in [6, 6.07) is 5.87. The monoisotopic (exact) mass is 295 g/mol. The van der Waals surface area contributed by atoms with E-state index >= 15 is 0 Å². The van der Waals surface area contributed by atoms with Crippen LogP contribution in [-0.4, -0.2) is 22.7 Å². The van der Waals surface area contributed by atoms with E-state index in [1.807, 2.05) is 22.9 Å². The van der Waals surface area contributed by atoms with Crippen molar-refractivity contribution in [2.75, 3.05) is 7.05 Å². The number of hydrogen-bond donors (Lipinski definition) is 1. The van der Waals surface area contributed by atoms with E-state index < -0.39 is 0 Å². The lowest BCUT2D eigenvalue weighted by molar-refractivity contribution is 0.0959. The molecule has 0 bridgehead atoms. The van der Waals surface area contributed by atoms with Gasteiger partial charge in [0, 0.05) is 23.5 Å². The van der Waals surface area contributed by atoms with Crippen LogP contribution >= 0.6 is 15.9 Å². The molecule has 0 atom stereocenters. The van der Waals surface area contributed by atoms with Crippen molar-refractivity contribution < 1.29 is 4.79 Å². The van der Waals surface area contributed by atoms with Gasteiger partial charge in [-0.25, -0.2) is 0 Å². The standard InChI is InChI=1S/C12H14BrN3O/c1-3-6-16-10-5-4-8(13)7-9(10)11(15-16)12(17)14-2/h4-5,7H,3,6H2,1-2H3,(H,14,17). The highest BCUT2D eigenvalue weighted by molar-refractivity contribution is 9.10. The molecule has 0 aliphatic carbocycles. The van der Waals surface area contributed by atoms with E-state index in [2.05, 4.69) is 33.3 Å². The summed E-state index contributed by atoms with van der Waals surface area (Å²) < 4.78 is 2.83. The third kappa shape index (κ3) is 2.20. The summed E-state index contributed by atoms with van der Waals surface area (Å²) in [6.07, 6.45) is 0.986. The average Bonchev–Trinajstić information content (AvgIpc) is 2.67. The van der Waals surface area contributed by atoms with E-state index in [1.165, 1.54) is 0 Å². The molecule has 0 fully saturated rings. The number of aryl methyl sites for hydroxylation is 1. The Balaban J connectivity index is 2.66. The smallest absolute Gasteiger partial charge is 0.272 e. The van der Waals surface area contributed by atoms with Crippen LogP contribution in [0.3, 0.4) is 0 Å². The molecule has 0 spiro atoms. The van der Waals surface area contributed by atoms with Crippen LogP contribution in [0.25, 0.3) is 10.9 Å². The number of aromatic nitrogens is 2. The first kappa shape index (κ1) is 12.1. The highest BCUT2D eigenvalue weighted by atomic mass is 79.9. The minimum absolute atomic E-state index is 0.150. The Kier molecular flexibility index (Phi) is 3.47. The number of amides is 1. The molecule has 1 amide bonds. The predicted octanol–water partition coefficient (Wildman–Crippen LogP) is 2.57.